The molecule has 1 aliphatic heterocycles. The highest BCUT2D eigenvalue weighted by molar-refractivity contribution is 7.98. The minimum absolute atomic E-state index is 0.121. The zero-order valence-corrected chi connectivity index (χ0v) is 19.6. The summed E-state index contributed by atoms with van der Waals surface area (Å²) in [5.74, 6) is -2.16. The van der Waals surface area contributed by atoms with Gasteiger partial charge in [-0.25, -0.2) is 13.8 Å². The fourth-order valence-electron chi connectivity index (χ4n) is 3.75. The molecule has 0 radical (unpaired) electrons. The van der Waals surface area contributed by atoms with Crippen LogP contribution < -0.4 is 5.32 Å². The van der Waals surface area contributed by atoms with Crippen molar-refractivity contribution in [3.8, 4) is 0 Å². The number of rotatable bonds is 6. The molecule has 2 aromatic carbocycles. The molecule has 0 atom stereocenters. The molecule has 4 rings (SSSR count). The van der Waals surface area contributed by atoms with E-state index >= 15 is 0 Å². The summed E-state index contributed by atoms with van der Waals surface area (Å²) in [6.07, 6.45) is 3.99. The number of anilines is 1. The van der Waals surface area contributed by atoms with Crippen LogP contribution in [0.1, 0.15) is 39.8 Å². The number of amides is 2. The van der Waals surface area contributed by atoms with E-state index in [2.05, 4.69) is 10.3 Å². The van der Waals surface area contributed by atoms with Crippen molar-refractivity contribution in [3.05, 3.63) is 75.7 Å². The lowest BCUT2D eigenvalue weighted by Gasteiger charge is -2.31. The Labute approximate surface area is 199 Å². The van der Waals surface area contributed by atoms with Gasteiger partial charge in [0, 0.05) is 41.0 Å². The van der Waals surface area contributed by atoms with E-state index in [4.69, 9.17) is 0 Å². The summed E-state index contributed by atoms with van der Waals surface area (Å²) in [5.41, 5.74) is 1.42. The topological polar surface area (TPSA) is 62.3 Å². The molecule has 9 heteroatoms. The number of thiazole rings is 1. The molecule has 5 nitrogen and oxygen atoms in total. The number of thioether (sulfide) groups is 1. The van der Waals surface area contributed by atoms with Gasteiger partial charge in [0.25, 0.3) is 5.91 Å². The lowest BCUT2D eigenvalue weighted by Crippen LogP contribution is -2.38. The number of halogens is 2. The molecule has 0 bridgehead atoms. The first-order valence-electron chi connectivity index (χ1n) is 10.6. The molecular weight excluding hydrogens is 464 g/mol. The summed E-state index contributed by atoms with van der Waals surface area (Å²) in [7, 11) is 0. The van der Waals surface area contributed by atoms with Crippen molar-refractivity contribution in [1.29, 1.82) is 0 Å². The molecule has 2 heterocycles. The first kappa shape index (κ1) is 23.4. The summed E-state index contributed by atoms with van der Waals surface area (Å²) >= 11 is 3.08. The number of nitrogens with zero attached hydrogens (tertiary/aromatic N) is 2. The van der Waals surface area contributed by atoms with Gasteiger partial charge in [0.1, 0.15) is 5.69 Å². The molecule has 0 saturated carbocycles. The van der Waals surface area contributed by atoms with Gasteiger partial charge in [0.15, 0.2) is 11.6 Å². The predicted molar refractivity (Wildman–Crippen MR) is 127 cm³/mol. The maximum atomic E-state index is 13.4. The van der Waals surface area contributed by atoms with E-state index in [0.29, 0.717) is 19.5 Å². The number of piperidine rings is 1. The number of carbonyl (C=O) groups excluding carboxylic acids is 2. The first-order chi connectivity index (χ1) is 15.9. The Hall–Kier alpha value is -2.78. The molecule has 1 aliphatic rings. The van der Waals surface area contributed by atoms with Gasteiger partial charge in [-0.2, -0.15) is 0 Å². The molecule has 2 amide bonds. The van der Waals surface area contributed by atoms with Crippen LogP contribution in [0.15, 0.2) is 52.7 Å². The Kier molecular flexibility index (Phi) is 7.39. The second-order valence-corrected chi connectivity index (χ2v) is 9.60. The van der Waals surface area contributed by atoms with Crippen molar-refractivity contribution in [1.82, 2.24) is 9.88 Å². The summed E-state index contributed by atoms with van der Waals surface area (Å²) < 4.78 is 26.4. The van der Waals surface area contributed by atoms with Crippen LogP contribution in [0.2, 0.25) is 0 Å². The number of carbonyl (C=O) groups is 2. The standard InChI is InChI=1S/C24H23F2N3O2S2/c1-32-18-5-2-15(3-6-18)12-22(30)29-10-8-16(9-11-29)24-28-21(14-33-24)23(31)27-17-4-7-19(25)20(26)13-17/h2-7,13-14,16H,8-12H2,1H3,(H,27,31). The average molecular weight is 488 g/mol. The Morgan fingerprint density at radius 3 is 2.52 bits per heavy atom. The van der Waals surface area contributed by atoms with Gasteiger partial charge in [-0.3, -0.25) is 9.59 Å². The van der Waals surface area contributed by atoms with Gasteiger partial charge in [0.2, 0.25) is 5.91 Å². The Balaban J connectivity index is 1.30. The molecular formula is C24H23F2N3O2S2. The Morgan fingerprint density at radius 1 is 1.12 bits per heavy atom. The fraction of sp³-hybridized carbons (Fsp3) is 0.292. The van der Waals surface area contributed by atoms with E-state index in [1.54, 1.807) is 17.1 Å². The van der Waals surface area contributed by atoms with Gasteiger partial charge in [-0.1, -0.05) is 12.1 Å². The molecule has 172 valence electrons. The third-order valence-corrected chi connectivity index (χ3v) is 7.39. The molecule has 1 saturated heterocycles. The van der Waals surface area contributed by atoms with Crippen molar-refractivity contribution in [2.24, 2.45) is 0 Å². The third-order valence-electron chi connectivity index (χ3n) is 5.64. The van der Waals surface area contributed by atoms with Crippen LogP contribution in [-0.2, 0) is 11.2 Å². The van der Waals surface area contributed by atoms with E-state index in [-0.39, 0.29) is 23.2 Å². The molecule has 33 heavy (non-hydrogen) atoms. The van der Waals surface area contributed by atoms with Crippen LogP contribution in [0.4, 0.5) is 14.5 Å². The summed E-state index contributed by atoms with van der Waals surface area (Å²) in [6, 6.07) is 11.3. The molecule has 0 aliphatic carbocycles. The van der Waals surface area contributed by atoms with Crippen LogP contribution in [0, 0.1) is 11.6 Å². The number of hydrogen-bond donors (Lipinski definition) is 1. The highest BCUT2D eigenvalue weighted by Crippen LogP contribution is 2.31. The van der Waals surface area contributed by atoms with Crippen molar-refractivity contribution in [3.63, 3.8) is 0 Å². The predicted octanol–water partition coefficient (Wildman–Crippen LogP) is 5.34. The van der Waals surface area contributed by atoms with Crippen LogP contribution in [-0.4, -0.2) is 41.0 Å². The van der Waals surface area contributed by atoms with Gasteiger partial charge < -0.3 is 10.2 Å². The first-order valence-corrected chi connectivity index (χ1v) is 12.7. The lowest BCUT2D eigenvalue weighted by molar-refractivity contribution is -0.131. The number of likely N-dealkylation sites (tertiary alicyclic amines) is 1. The van der Waals surface area contributed by atoms with Crippen LogP contribution in [0.3, 0.4) is 0 Å². The summed E-state index contributed by atoms with van der Waals surface area (Å²) in [5, 5.41) is 5.06. The zero-order chi connectivity index (χ0) is 23.4. The van der Waals surface area contributed by atoms with E-state index in [9.17, 15) is 18.4 Å². The molecule has 0 unspecified atom stereocenters. The van der Waals surface area contributed by atoms with E-state index in [0.717, 1.165) is 35.5 Å². The largest absolute Gasteiger partial charge is 0.342 e. The molecule has 1 aromatic heterocycles. The van der Waals surface area contributed by atoms with Crippen LogP contribution in [0.5, 0.6) is 0 Å². The quantitative estimate of drug-likeness (QED) is 0.477. The number of benzene rings is 2. The Morgan fingerprint density at radius 2 is 1.85 bits per heavy atom. The average Bonchev–Trinajstić information content (AvgIpc) is 3.33. The van der Waals surface area contributed by atoms with Gasteiger partial charge in [-0.15, -0.1) is 23.1 Å². The number of aromatic nitrogens is 1. The van der Waals surface area contributed by atoms with Crippen molar-refractivity contribution < 1.29 is 18.4 Å². The SMILES string of the molecule is CSc1ccc(CC(=O)N2CCC(c3nc(C(=O)Nc4ccc(F)c(F)c4)cs3)CC2)cc1. The van der Waals surface area contributed by atoms with Crippen LogP contribution >= 0.6 is 23.1 Å². The summed E-state index contributed by atoms with van der Waals surface area (Å²) in [4.78, 5) is 32.6. The highest BCUT2D eigenvalue weighted by Gasteiger charge is 2.26. The summed E-state index contributed by atoms with van der Waals surface area (Å²) in [6.45, 7) is 1.31. The lowest BCUT2D eigenvalue weighted by atomic mass is 9.97. The zero-order valence-electron chi connectivity index (χ0n) is 18.0. The van der Waals surface area contributed by atoms with Crippen molar-refractivity contribution >= 4 is 40.6 Å². The second kappa shape index (κ2) is 10.4. The minimum atomic E-state index is -1.02. The monoisotopic (exact) mass is 487 g/mol. The number of hydrogen-bond acceptors (Lipinski definition) is 5. The maximum absolute atomic E-state index is 13.4. The van der Waals surface area contributed by atoms with Gasteiger partial charge in [0.05, 0.1) is 11.4 Å². The van der Waals surface area contributed by atoms with Crippen molar-refractivity contribution in [2.45, 2.75) is 30.1 Å². The van der Waals surface area contributed by atoms with Crippen molar-refractivity contribution in [2.75, 3.05) is 24.7 Å². The molecule has 3 aromatic rings. The van der Waals surface area contributed by atoms with Gasteiger partial charge in [-0.05, 0) is 48.9 Å². The highest BCUT2D eigenvalue weighted by atomic mass is 32.2. The Bertz CT molecular complexity index is 1140. The fourth-order valence-corrected chi connectivity index (χ4v) is 5.13. The second-order valence-electron chi connectivity index (χ2n) is 7.83. The van der Waals surface area contributed by atoms with E-state index < -0.39 is 17.5 Å². The smallest absolute Gasteiger partial charge is 0.275 e. The molecule has 1 fully saturated rings. The molecule has 0 spiro atoms. The maximum Gasteiger partial charge on any atom is 0.275 e. The molecule has 1 N–H and O–H groups in total. The van der Waals surface area contributed by atoms with E-state index in [1.807, 2.05) is 35.4 Å². The number of nitrogens with one attached hydrogen (secondary N) is 1. The third kappa shape index (κ3) is 5.78. The van der Waals surface area contributed by atoms with Gasteiger partial charge >= 0.3 is 0 Å². The normalized spacial score (nSPS) is 14.3. The van der Waals surface area contributed by atoms with E-state index in [1.165, 1.54) is 22.3 Å². The van der Waals surface area contributed by atoms with Crippen LogP contribution in [0.25, 0.3) is 0 Å². The minimum Gasteiger partial charge on any atom is -0.342 e.